The van der Waals surface area contributed by atoms with Crippen LogP contribution in [0.1, 0.15) is 30.1 Å². The Bertz CT molecular complexity index is 656. The molecule has 122 valence electrons. The summed E-state index contributed by atoms with van der Waals surface area (Å²) in [5, 5.41) is 3.90. The van der Waals surface area contributed by atoms with Gasteiger partial charge in [-0.2, -0.15) is 0 Å². The van der Waals surface area contributed by atoms with Gasteiger partial charge in [-0.1, -0.05) is 42.6 Å². The molecule has 0 aliphatic rings. The first-order chi connectivity index (χ1) is 11.0. The monoisotopic (exact) mass is 352 g/mol. The number of rotatable bonds is 6. The van der Waals surface area contributed by atoms with Gasteiger partial charge in [0, 0.05) is 26.0 Å². The molecular formula is C16H18Cl2N4O. The van der Waals surface area contributed by atoms with Crippen molar-refractivity contribution in [1.82, 2.24) is 14.9 Å². The van der Waals surface area contributed by atoms with E-state index in [9.17, 15) is 4.79 Å². The second-order valence-electron chi connectivity index (χ2n) is 5.10. The van der Waals surface area contributed by atoms with Crippen LogP contribution in [-0.2, 0) is 0 Å². The molecule has 7 heteroatoms. The predicted molar refractivity (Wildman–Crippen MR) is 93.6 cm³/mol. The highest BCUT2D eigenvalue weighted by atomic mass is 35.5. The van der Waals surface area contributed by atoms with Gasteiger partial charge in [-0.3, -0.25) is 4.79 Å². The standard InChI is InChI=1S/C16H18Cl2N4O/c1-3-4-8-22(2)15(23)11-9-19-16(20-10-11)21-14-12(17)6-5-7-13(14)18/h5-7,9-10H,3-4,8H2,1-2H3,(H,19,20,21). The highest BCUT2D eigenvalue weighted by Gasteiger charge is 2.13. The highest BCUT2D eigenvalue weighted by molar-refractivity contribution is 6.39. The first-order valence-corrected chi connectivity index (χ1v) is 8.07. The lowest BCUT2D eigenvalue weighted by molar-refractivity contribution is 0.0792. The van der Waals surface area contributed by atoms with Gasteiger partial charge in [-0.15, -0.1) is 0 Å². The summed E-state index contributed by atoms with van der Waals surface area (Å²) in [7, 11) is 1.77. The molecule has 1 heterocycles. The topological polar surface area (TPSA) is 58.1 Å². The zero-order chi connectivity index (χ0) is 16.8. The van der Waals surface area contributed by atoms with Crippen LogP contribution in [0.3, 0.4) is 0 Å². The van der Waals surface area contributed by atoms with E-state index in [-0.39, 0.29) is 5.91 Å². The van der Waals surface area contributed by atoms with Crippen molar-refractivity contribution >= 4 is 40.7 Å². The van der Waals surface area contributed by atoms with E-state index in [2.05, 4.69) is 22.2 Å². The van der Waals surface area contributed by atoms with Crippen LogP contribution < -0.4 is 5.32 Å². The quantitative estimate of drug-likeness (QED) is 0.836. The predicted octanol–water partition coefficient (Wildman–Crippen LogP) is 4.40. The molecule has 0 saturated carbocycles. The zero-order valence-electron chi connectivity index (χ0n) is 13.0. The largest absolute Gasteiger partial charge is 0.342 e. The third-order valence-electron chi connectivity index (χ3n) is 3.29. The van der Waals surface area contributed by atoms with Crippen LogP contribution in [0.5, 0.6) is 0 Å². The average molecular weight is 353 g/mol. The first-order valence-electron chi connectivity index (χ1n) is 7.31. The number of para-hydroxylation sites is 1. The number of unbranched alkanes of at least 4 members (excludes halogenated alkanes) is 1. The smallest absolute Gasteiger partial charge is 0.256 e. The molecule has 0 bridgehead atoms. The molecule has 0 unspecified atom stereocenters. The fourth-order valence-corrected chi connectivity index (χ4v) is 2.44. The molecule has 1 aromatic heterocycles. The second-order valence-corrected chi connectivity index (χ2v) is 5.91. The highest BCUT2D eigenvalue weighted by Crippen LogP contribution is 2.31. The maximum atomic E-state index is 12.2. The second kappa shape index (κ2) is 8.13. The van der Waals surface area contributed by atoms with E-state index in [1.54, 1.807) is 30.1 Å². The first kappa shape index (κ1) is 17.5. The number of benzene rings is 1. The summed E-state index contributed by atoms with van der Waals surface area (Å²) in [6, 6.07) is 5.19. The average Bonchev–Trinajstić information content (AvgIpc) is 2.56. The van der Waals surface area contributed by atoms with Gasteiger partial charge in [0.25, 0.3) is 5.91 Å². The van der Waals surface area contributed by atoms with Crippen LogP contribution in [0.15, 0.2) is 30.6 Å². The fraction of sp³-hybridized carbons (Fsp3) is 0.312. The van der Waals surface area contributed by atoms with Crippen molar-refractivity contribution < 1.29 is 4.79 Å². The lowest BCUT2D eigenvalue weighted by atomic mass is 10.2. The third kappa shape index (κ3) is 4.56. The lowest BCUT2D eigenvalue weighted by Gasteiger charge is -2.16. The molecule has 1 N–H and O–H groups in total. The Balaban J connectivity index is 2.09. The Morgan fingerprint density at radius 2 is 1.83 bits per heavy atom. The molecule has 0 fully saturated rings. The minimum absolute atomic E-state index is 0.0965. The van der Waals surface area contributed by atoms with E-state index in [1.165, 1.54) is 12.4 Å². The molecule has 5 nitrogen and oxygen atoms in total. The van der Waals surface area contributed by atoms with Gasteiger partial charge in [-0.05, 0) is 18.6 Å². The molecule has 0 aliphatic carbocycles. The van der Waals surface area contributed by atoms with E-state index in [4.69, 9.17) is 23.2 Å². The summed E-state index contributed by atoms with van der Waals surface area (Å²) in [6.07, 6.45) is 4.99. The molecule has 1 aromatic carbocycles. The summed E-state index contributed by atoms with van der Waals surface area (Å²) >= 11 is 12.2. The van der Waals surface area contributed by atoms with Crippen LogP contribution in [0.25, 0.3) is 0 Å². The van der Waals surface area contributed by atoms with Gasteiger partial charge in [0.1, 0.15) is 0 Å². The Hall–Kier alpha value is -1.85. The maximum Gasteiger partial charge on any atom is 0.256 e. The number of amides is 1. The number of hydrogen-bond acceptors (Lipinski definition) is 4. The van der Waals surface area contributed by atoms with Crippen molar-refractivity contribution in [2.75, 3.05) is 18.9 Å². The van der Waals surface area contributed by atoms with E-state index in [0.717, 1.165) is 12.8 Å². The molecule has 2 aromatic rings. The van der Waals surface area contributed by atoms with Gasteiger partial charge >= 0.3 is 0 Å². The van der Waals surface area contributed by atoms with Crippen LogP contribution in [0.2, 0.25) is 10.0 Å². The minimum atomic E-state index is -0.0965. The summed E-state index contributed by atoms with van der Waals surface area (Å²) in [5.74, 6) is 0.230. The molecule has 1 amide bonds. The van der Waals surface area contributed by atoms with Gasteiger partial charge in [0.2, 0.25) is 5.95 Å². The van der Waals surface area contributed by atoms with Gasteiger partial charge in [-0.25, -0.2) is 9.97 Å². The van der Waals surface area contributed by atoms with Crippen molar-refractivity contribution in [1.29, 1.82) is 0 Å². The van der Waals surface area contributed by atoms with Crippen LogP contribution in [-0.4, -0.2) is 34.4 Å². The summed E-state index contributed by atoms with van der Waals surface area (Å²) in [5.41, 5.74) is 0.981. The number of carbonyl (C=O) groups excluding carboxylic acids is 1. The van der Waals surface area contributed by atoms with E-state index in [0.29, 0.717) is 33.8 Å². The van der Waals surface area contributed by atoms with E-state index >= 15 is 0 Å². The number of hydrogen-bond donors (Lipinski definition) is 1. The van der Waals surface area contributed by atoms with Crippen LogP contribution in [0, 0.1) is 0 Å². The lowest BCUT2D eigenvalue weighted by Crippen LogP contribution is -2.27. The minimum Gasteiger partial charge on any atom is -0.342 e. The SMILES string of the molecule is CCCCN(C)C(=O)c1cnc(Nc2c(Cl)cccc2Cl)nc1. The van der Waals surface area contributed by atoms with Crippen molar-refractivity contribution in [2.24, 2.45) is 0 Å². The third-order valence-corrected chi connectivity index (χ3v) is 3.92. The summed E-state index contributed by atoms with van der Waals surface area (Å²) in [6.45, 7) is 2.80. The summed E-state index contributed by atoms with van der Waals surface area (Å²) in [4.78, 5) is 22.2. The molecule has 0 saturated heterocycles. The Labute approximate surface area is 145 Å². The van der Waals surface area contributed by atoms with Crippen molar-refractivity contribution in [2.45, 2.75) is 19.8 Å². The van der Waals surface area contributed by atoms with Gasteiger partial charge < -0.3 is 10.2 Å². The molecule has 0 spiro atoms. The van der Waals surface area contributed by atoms with Crippen LogP contribution in [0.4, 0.5) is 11.6 Å². The summed E-state index contributed by atoms with van der Waals surface area (Å²) < 4.78 is 0. The zero-order valence-corrected chi connectivity index (χ0v) is 14.5. The normalized spacial score (nSPS) is 10.4. The van der Waals surface area contributed by atoms with Crippen molar-refractivity contribution in [3.8, 4) is 0 Å². The Morgan fingerprint density at radius 1 is 1.22 bits per heavy atom. The molecule has 23 heavy (non-hydrogen) atoms. The number of carbonyl (C=O) groups is 1. The molecular weight excluding hydrogens is 335 g/mol. The fourth-order valence-electron chi connectivity index (χ4n) is 1.95. The van der Waals surface area contributed by atoms with E-state index in [1.807, 2.05) is 0 Å². The Kier molecular flexibility index (Phi) is 6.19. The molecule has 0 atom stereocenters. The van der Waals surface area contributed by atoms with Gasteiger partial charge in [0.05, 0.1) is 21.3 Å². The Morgan fingerprint density at radius 3 is 2.39 bits per heavy atom. The van der Waals surface area contributed by atoms with Gasteiger partial charge in [0.15, 0.2) is 0 Å². The maximum absolute atomic E-state index is 12.2. The number of halogens is 2. The van der Waals surface area contributed by atoms with E-state index < -0.39 is 0 Å². The number of nitrogens with zero attached hydrogens (tertiary/aromatic N) is 3. The molecule has 0 aliphatic heterocycles. The number of nitrogens with one attached hydrogen (secondary N) is 1. The van der Waals surface area contributed by atoms with Crippen molar-refractivity contribution in [3.63, 3.8) is 0 Å². The molecule has 2 rings (SSSR count). The number of aromatic nitrogens is 2. The van der Waals surface area contributed by atoms with Crippen molar-refractivity contribution in [3.05, 3.63) is 46.2 Å². The van der Waals surface area contributed by atoms with Crippen LogP contribution >= 0.6 is 23.2 Å². The number of anilines is 2. The molecule has 0 radical (unpaired) electrons.